The maximum atomic E-state index is 10.7. The molecule has 1 N–H and O–H groups in total. The molecule has 2 aromatic heterocycles. The maximum Gasteiger partial charge on any atom is 0.313 e. The van der Waals surface area contributed by atoms with Gasteiger partial charge in [0.25, 0.3) is 0 Å². The smallest absolute Gasteiger partial charge is 0.313 e. The van der Waals surface area contributed by atoms with Crippen LogP contribution in [0.3, 0.4) is 0 Å². The van der Waals surface area contributed by atoms with Crippen LogP contribution in [0.5, 0.6) is 0 Å². The molecule has 0 amide bonds. The first-order chi connectivity index (χ1) is 9.29. The van der Waals surface area contributed by atoms with Gasteiger partial charge in [0.15, 0.2) is 10.9 Å². The van der Waals surface area contributed by atoms with Gasteiger partial charge in [-0.15, -0.1) is 10.2 Å². The van der Waals surface area contributed by atoms with E-state index in [0.717, 1.165) is 17.5 Å². The minimum absolute atomic E-state index is 0.0502. The van der Waals surface area contributed by atoms with Gasteiger partial charge >= 0.3 is 5.97 Å². The second-order valence-corrected chi connectivity index (χ2v) is 6.35. The number of nitrogens with zero attached hydrogens (tertiary/aromatic N) is 3. The number of carboxylic acids is 1. The number of carbonyl (C=O) groups is 1. The summed E-state index contributed by atoms with van der Waals surface area (Å²) < 4.78 is 7.50. The molecule has 7 heteroatoms. The summed E-state index contributed by atoms with van der Waals surface area (Å²) in [6, 6.07) is 3.70. The van der Waals surface area contributed by atoms with E-state index in [2.05, 4.69) is 10.2 Å². The first-order valence-electron chi connectivity index (χ1n) is 6.16. The molecule has 0 saturated carbocycles. The Morgan fingerprint density at radius 3 is 2.60 bits per heavy atom. The second kappa shape index (κ2) is 5.32. The van der Waals surface area contributed by atoms with Crippen LogP contribution in [0.2, 0.25) is 0 Å². The van der Waals surface area contributed by atoms with E-state index in [4.69, 9.17) is 9.52 Å². The Morgan fingerprint density at radius 1 is 1.40 bits per heavy atom. The predicted octanol–water partition coefficient (Wildman–Crippen LogP) is 2.78. The van der Waals surface area contributed by atoms with Gasteiger partial charge in [-0.05, 0) is 39.8 Å². The third-order valence-corrected chi connectivity index (χ3v) is 3.50. The van der Waals surface area contributed by atoms with Gasteiger partial charge in [-0.1, -0.05) is 11.8 Å². The number of thioether (sulfide) groups is 1. The lowest BCUT2D eigenvalue weighted by molar-refractivity contribution is -0.133. The van der Waals surface area contributed by atoms with Gasteiger partial charge in [-0.25, -0.2) is 0 Å². The van der Waals surface area contributed by atoms with Crippen molar-refractivity contribution in [3.05, 3.63) is 17.9 Å². The zero-order chi connectivity index (χ0) is 14.9. The Bertz CT molecular complexity index is 625. The Morgan fingerprint density at radius 2 is 2.10 bits per heavy atom. The van der Waals surface area contributed by atoms with Gasteiger partial charge in [0.1, 0.15) is 5.76 Å². The summed E-state index contributed by atoms with van der Waals surface area (Å²) in [5.41, 5.74) is -0.277. The Hall–Kier alpha value is -1.76. The Balaban J connectivity index is 2.45. The molecule has 0 saturated heterocycles. The Labute approximate surface area is 121 Å². The van der Waals surface area contributed by atoms with Crippen LogP contribution in [0, 0.1) is 6.92 Å². The number of hydrogen-bond acceptors (Lipinski definition) is 5. The fourth-order valence-electron chi connectivity index (χ4n) is 1.81. The molecule has 108 valence electrons. The molecule has 0 fully saturated rings. The molecule has 0 bridgehead atoms. The zero-order valence-corrected chi connectivity index (χ0v) is 12.7. The molecule has 0 spiro atoms. The fourth-order valence-corrected chi connectivity index (χ4v) is 2.65. The van der Waals surface area contributed by atoms with E-state index in [0.29, 0.717) is 16.7 Å². The van der Waals surface area contributed by atoms with E-state index < -0.39 is 5.97 Å². The molecule has 6 nitrogen and oxygen atoms in total. The van der Waals surface area contributed by atoms with E-state index in [1.807, 2.05) is 44.4 Å². The highest BCUT2D eigenvalue weighted by atomic mass is 32.2. The normalized spacial score (nSPS) is 11.8. The monoisotopic (exact) mass is 295 g/mol. The van der Waals surface area contributed by atoms with Crippen molar-refractivity contribution in [1.82, 2.24) is 14.8 Å². The molecule has 2 heterocycles. The Kier molecular flexibility index (Phi) is 3.89. The van der Waals surface area contributed by atoms with Crippen molar-refractivity contribution in [1.29, 1.82) is 0 Å². The van der Waals surface area contributed by atoms with Gasteiger partial charge in [0, 0.05) is 5.54 Å². The van der Waals surface area contributed by atoms with Gasteiger partial charge in [0.05, 0.1) is 5.75 Å². The minimum atomic E-state index is -0.881. The molecule has 2 aromatic rings. The van der Waals surface area contributed by atoms with Crippen molar-refractivity contribution >= 4 is 17.7 Å². The van der Waals surface area contributed by atoms with Crippen LogP contribution < -0.4 is 0 Å². The van der Waals surface area contributed by atoms with Crippen LogP contribution in [-0.4, -0.2) is 31.6 Å². The third kappa shape index (κ3) is 3.04. The van der Waals surface area contributed by atoms with E-state index in [1.165, 1.54) is 0 Å². The van der Waals surface area contributed by atoms with Crippen LogP contribution >= 0.6 is 11.8 Å². The fraction of sp³-hybridized carbons (Fsp3) is 0.462. The summed E-state index contributed by atoms with van der Waals surface area (Å²) in [4.78, 5) is 10.7. The molecule has 2 rings (SSSR count). The van der Waals surface area contributed by atoms with Crippen LogP contribution in [0.4, 0.5) is 0 Å². The predicted molar refractivity (Wildman–Crippen MR) is 75.8 cm³/mol. The zero-order valence-electron chi connectivity index (χ0n) is 11.9. The highest BCUT2D eigenvalue weighted by molar-refractivity contribution is 7.99. The maximum absolute atomic E-state index is 10.7. The van der Waals surface area contributed by atoms with Gasteiger partial charge in [0.2, 0.25) is 5.82 Å². The molecule has 0 aliphatic rings. The molecule has 0 aliphatic carbocycles. The quantitative estimate of drug-likeness (QED) is 0.873. The number of furan rings is 1. The molecular weight excluding hydrogens is 278 g/mol. The van der Waals surface area contributed by atoms with Crippen LogP contribution in [0.15, 0.2) is 21.7 Å². The SMILES string of the molecule is Cc1ccc(-c2nnc(SCC(=O)O)n2C(C)(C)C)o1. The van der Waals surface area contributed by atoms with Crippen molar-refractivity contribution in [2.75, 3.05) is 5.75 Å². The van der Waals surface area contributed by atoms with Crippen molar-refractivity contribution in [2.45, 2.75) is 38.4 Å². The molecule has 0 radical (unpaired) electrons. The van der Waals surface area contributed by atoms with Crippen molar-refractivity contribution < 1.29 is 14.3 Å². The molecule has 20 heavy (non-hydrogen) atoms. The van der Waals surface area contributed by atoms with Gasteiger partial charge < -0.3 is 9.52 Å². The highest BCUT2D eigenvalue weighted by Gasteiger charge is 2.26. The van der Waals surface area contributed by atoms with Crippen LogP contribution in [0.1, 0.15) is 26.5 Å². The van der Waals surface area contributed by atoms with Crippen LogP contribution in [-0.2, 0) is 10.3 Å². The lowest BCUT2D eigenvalue weighted by Crippen LogP contribution is -2.24. The van der Waals surface area contributed by atoms with E-state index in [9.17, 15) is 4.79 Å². The van der Waals surface area contributed by atoms with E-state index in [1.54, 1.807) is 0 Å². The summed E-state index contributed by atoms with van der Waals surface area (Å²) in [7, 11) is 0. The molecular formula is C13H17N3O3S. The van der Waals surface area contributed by atoms with Crippen LogP contribution in [0.25, 0.3) is 11.6 Å². The second-order valence-electron chi connectivity index (χ2n) is 5.41. The lowest BCUT2D eigenvalue weighted by Gasteiger charge is -2.23. The highest BCUT2D eigenvalue weighted by Crippen LogP contribution is 2.31. The van der Waals surface area contributed by atoms with Gasteiger partial charge in [-0.2, -0.15) is 0 Å². The molecule has 0 aliphatic heterocycles. The number of rotatable bonds is 4. The molecule has 0 atom stereocenters. The van der Waals surface area contributed by atoms with Gasteiger partial charge in [-0.3, -0.25) is 9.36 Å². The largest absolute Gasteiger partial charge is 0.481 e. The molecule has 0 aromatic carbocycles. The van der Waals surface area contributed by atoms with Crippen molar-refractivity contribution in [2.24, 2.45) is 0 Å². The third-order valence-electron chi connectivity index (χ3n) is 2.59. The number of aromatic nitrogens is 3. The summed E-state index contributed by atoms with van der Waals surface area (Å²) in [5.74, 6) is 1.11. The number of aryl methyl sites for hydroxylation is 1. The average Bonchev–Trinajstić information content (AvgIpc) is 2.90. The summed E-state index contributed by atoms with van der Waals surface area (Å²) in [5, 5.41) is 17.6. The van der Waals surface area contributed by atoms with E-state index in [-0.39, 0.29) is 11.3 Å². The number of hydrogen-bond donors (Lipinski definition) is 1. The van der Waals surface area contributed by atoms with Crippen molar-refractivity contribution in [3.63, 3.8) is 0 Å². The lowest BCUT2D eigenvalue weighted by atomic mass is 10.1. The summed E-state index contributed by atoms with van der Waals surface area (Å²) in [6.07, 6.45) is 0. The average molecular weight is 295 g/mol. The standard InChI is InChI=1S/C13H17N3O3S/c1-8-5-6-9(19-8)11-14-15-12(20-7-10(17)18)16(11)13(2,3)4/h5-6H,7H2,1-4H3,(H,17,18). The number of carboxylic acid groups (broad SMARTS) is 1. The first-order valence-corrected chi connectivity index (χ1v) is 7.15. The number of aliphatic carboxylic acids is 1. The molecule has 0 unspecified atom stereocenters. The summed E-state index contributed by atoms with van der Waals surface area (Å²) >= 11 is 1.15. The minimum Gasteiger partial charge on any atom is -0.481 e. The summed E-state index contributed by atoms with van der Waals surface area (Å²) in [6.45, 7) is 7.91. The topological polar surface area (TPSA) is 81.1 Å². The van der Waals surface area contributed by atoms with Crippen molar-refractivity contribution in [3.8, 4) is 11.6 Å². The first kappa shape index (κ1) is 14.6. The van der Waals surface area contributed by atoms with E-state index >= 15 is 0 Å².